The monoisotopic (exact) mass is 438 g/mol. The molecular formula is C22H19ClN4O4. The summed E-state index contributed by atoms with van der Waals surface area (Å²) in [4.78, 5) is 52.8. The molecule has 0 aliphatic carbocycles. The summed E-state index contributed by atoms with van der Waals surface area (Å²) in [6.45, 7) is 1.46. The van der Waals surface area contributed by atoms with Gasteiger partial charge in [-0.25, -0.2) is 9.69 Å². The molecule has 0 bridgehead atoms. The molecule has 2 unspecified atom stereocenters. The summed E-state index contributed by atoms with van der Waals surface area (Å²) < 4.78 is 0. The van der Waals surface area contributed by atoms with E-state index in [9.17, 15) is 19.2 Å². The van der Waals surface area contributed by atoms with E-state index in [2.05, 4.69) is 10.6 Å². The SMILES string of the molecule is CC(=O)c1ccc(NC(=O)C2=CN(C)C3C(=O)N(c4ccc(Cl)cc4)C(=O)NC23)cc1. The van der Waals surface area contributed by atoms with Gasteiger partial charge in [-0.3, -0.25) is 14.4 Å². The van der Waals surface area contributed by atoms with Crippen molar-refractivity contribution >= 4 is 46.6 Å². The Labute approximate surface area is 183 Å². The van der Waals surface area contributed by atoms with Gasteiger partial charge in [0.1, 0.15) is 6.04 Å². The number of nitrogens with zero attached hydrogens (tertiary/aromatic N) is 2. The molecule has 2 aromatic carbocycles. The first-order chi connectivity index (χ1) is 14.8. The lowest BCUT2D eigenvalue weighted by Gasteiger charge is -2.37. The molecule has 0 spiro atoms. The number of hydrogen-bond acceptors (Lipinski definition) is 5. The Balaban J connectivity index is 1.54. The first kappa shape index (κ1) is 20.6. The maximum atomic E-state index is 13.1. The third-order valence-corrected chi connectivity index (χ3v) is 5.54. The van der Waals surface area contributed by atoms with Gasteiger partial charge in [0.2, 0.25) is 0 Å². The molecule has 2 aromatic rings. The van der Waals surface area contributed by atoms with Crippen LogP contribution in [-0.2, 0) is 9.59 Å². The van der Waals surface area contributed by atoms with Gasteiger partial charge in [0.15, 0.2) is 5.78 Å². The smallest absolute Gasteiger partial charge is 0.329 e. The lowest BCUT2D eigenvalue weighted by molar-refractivity contribution is -0.122. The number of benzene rings is 2. The summed E-state index contributed by atoms with van der Waals surface area (Å²) in [7, 11) is 1.68. The van der Waals surface area contributed by atoms with E-state index < -0.39 is 29.9 Å². The average molecular weight is 439 g/mol. The number of imide groups is 1. The van der Waals surface area contributed by atoms with Crippen molar-refractivity contribution in [1.29, 1.82) is 0 Å². The van der Waals surface area contributed by atoms with E-state index in [0.29, 0.717) is 22.0 Å². The minimum atomic E-state index is -0.787. The standard InChI is InChI=1S/C22H19ClN4O4/c1-12(28)13-3-7-15(8-4-13)24-20(29)17-11-26(2)19-18(17)25-22(31)27(21(19)30)16-9-5-14(23)6-10-16/h3-11,18-19H,1-2H3,(H,24,29)(H,25,31). The number of anilines is 2. The summed E-state index contributed by atoms with van der Waals surface area (Å²) in [6, 6.07) is 10.7. The molecule has 8 nitrogen and oxygen atoms in total. The Hall–Kier alpha value is -3.65. The molecule has 0 aromatic heterocycles. The van der Waals surface area contributed by atoms with Gasteiger partial charge in [0.25, 0.3) is 11.8 Å². The fraction of sp³-hybridized carbons (Fsp3) is 0.182. The predicted octanol–water partition coefficient (Wildman–Crippen LogP) is 2.80. The zero-order valence-electron chi connectivity index (χ0n) is 16.8. The summed E-state index contributed by atoms with van der Waals surface area (Å²) in [5, 5.41) is 5.99. The number of urea groups is 1. The Morgan fingerprint density at radius 1 is 1.03 bits per heavy atom. The lowest BCUT2D eigenvalue weighted by atomic mass is 9.99. The maximum Gasteiger partial charge on any atom is 0.329 e. The van der Waals surface area contributed by atoms with E-state index >= 15 is 0 Å². The van der Waals surface area contributed by atoms with Gasteiger partial charge in [-0.15, -0.1) is 0 Å². The molecule has 0 radical (unpaired) electrons. The molecule has 4 rings (SSSR count). The van der Waals surface area contributed by atoms with Gasteiger partial charge in [0.05, 0.1) is 17.3 Å². The fourth-order valence-electron chi connectivity index (χ4n) is 3.71. The highest BCUT2D eigenvalue weighted by molar-refractivity contribution is 6.30. The molecule has 9 heteroatoms. The molecule has 1 fully saturated rings. The van der Waals surface area contributed by atoms with Gasteiger partial charge in [-0.2, -0.15) is 0 Å². The Morgan fingerprint density at radius 2 is 1.68 bits per heavy atom. The number of carbonyl (C=O) groups excluding carboxylic acids is 4. The van der Waals surface area contributed by atoms with Gasteiger partial charge in [-0.05, 0) is 55.5 Å². The first-order valence-electron chi connectivity index (χ1n) is 9.52. The quantitative estimate of drug-likeness (QED) is 0.715. The number of rotatable bonds is 4. The molecule has 1 saturated heterocycles. The predicted molar refractivity (Wildman–Crippen MR) is 116 cm³/mol. The third-order valence-electron chi connectivity index (χ3n) is 5.28. The molecular weight excluding hydrogens is 420 g/mol. The zero-order chi connectivity index (χ0) is 22.3. The Kier molecular flexibility index (Phi) is 5.24. The van der Waals surface area contributed by atoms with Crippen LogP contribution in [0.25, 0.3) is 0 Å². The second-order valence-electron chi connectivity index (χ2n) is 7.36. The van der Waals surface area contributed by atoms with E-state index in [0.717, 1.165) is 4.90 Å². The summed E-state index contributed by atoms with van der Waals surface area (Å²) in [5.74, 6) is -0.957. The highest BCUT2D eigenvalue weighted by Gasteiger charge is 2.49. The molecule has 2 heterocycles. The Morgan fingerprint density at radius 3 is 2.29 bits per heavy atom. The lowest BCUT2D eigenvalue weighted by Crippen LogP contribution is -2.65. The molecule has 2 N–H and O–H groups in total. The van der Waals surface area contributed by atoms with Crippen molar-refractivity contribution in [3.05, 3.63) is 70.9 Å². The van der Waals surface area contributed by atoms with Crippen molar-refractivity contribution in [2.75, 3.05) is 17.3 Å². The van der Waals surface area contributed by atoms with Crippen LogP contribution in [0.15, 0.2) is 60.3 Å². The van der Waals surface area contributed by atoms with Crippen LogP contribution in [0.1, 0.15) is 17.3 Å². The van der Waals surface area contributed by atoms with Gasteiger partial charge in [-0.1, -0.05) is 11.6 Å². The van der Waals surface area contributed by atoms with Crippen LogP contribution in [0.2, 0.25) is 5.02 Å². The molecule has 2 aliphatic rings. The van der Waals surface area contributed by atoms with E-state index in [1.807, 2.05) is 0 Å². The van der Waals surface area contributed by atoms with Crippen molar-refractivity contribution in [1.82, 2.24) is 10.2 Å². The minimum Gasteiger partial charge on any atom is -0.366 e. The van der Waals surface area contributed by atoms with Crippen molar-refractivity contribution in [3.63, 3.8) is 0 Å². The molecule has 2 aliphatic heterocycles. The summed E-state index contributed by atoms with van der Waals surface area (Å²) in [6.07, 6.45) is 1.55. The van der Waals surface area contributed by atoms with E-state index in [-0.39, 0.29) is 11.4 Å². The van der Waals surface area contributed by atoms with Crippen molar-refractivity contribution in [2.24, 2.45) is 0 Å². The van der Waals surface area contributed by atoms with Crippen LogP contribution in [0.4, 0.5) is 16.2 Å². The van der Waals surface area contributed by atoms with Crippen LogP contribution in [0, 0.1) is 0 Å². The number of Topliss-reactive ketones (excluding diaryl/α,β-unsaturated/α-hetero) is 1. The topological polar surface area (TPSA) is 98.8 Å². The van der Waals surface area contributed by atoms with E-state index in [4.69, 9.17) is 11.6 Å². The number of fused-ring (bicyclic) bond motifs is 1. The largest absolute Gasteiger partial charge is 0.366 e. The summed E-state index contributed by atoms with van der Waals surface area (Å²) >= 11 is 5.90. The van der Waals surface area contributed by atoms with Crippen LogP contribution >= 0.6 is 11.6 Å². The second-order valence-corrected chi connectivity index (χ2v) is 7.80. The van der Waals surface area contributed by atoms with Crippen LogP contribution in [0.5, 0.6) is 0 Å². The van der Waals surface area contributed by atoms with Crippen LogP contribution in [0.3, 0.4) is 0 Å². The third kappa shape index (κ3) is 3.77. The van der Waals surface area contributed by atoms with Crippen LogP contribution < -0.4 is 15.5 Å². The number of nitrogens with one attached hydrogen (secondary N) is 2. The average Bonchev–Trinajstić information content (AvgIpc) is 3.06. The van der Waals surface area contributed by atoms with E-state index in [1.54, 1.807) is 66.7 Å². The second kappa shape index (κ2) is 7.88. The Bertz CT molecular complexity index is 1110. The normalized spacial score (nSPS) is 20.2. The number of carbonyl (C=O) groups is 4. The van der Waals surface area contributed by atoms with Crippen molar-refractivity contribution in [3.8, 4) is 0 Å². The molecule has 4 amide bonds. The molecule has 158 valence electrons. The van der Waals surface area contributed by atoms with Crippen LogP contribution in [-0.4, -0.2) is 47.7 Å². The number of amides is 4. The number of hydrogen-bond donors (Lipinski definition) is 2. The van der Waals surface area contributed by atoms with Crippen molar-refractivity contribution in [2.45, 2.75) is 19.0 Å². The maximum absolute atomic E-state index is 13.1. The molecule has 0 saturated carbocycles. The highest BCUT2D eigenvalue weighted by atomic mass is 35.5. The van der Waals surface area contributed by atoms with E-state index in [1.165, 1.54) is 6.92 Å². The number of likely N-dealkylation sites (N-methyl/N-ethyl adjacent to an activating group) is 1. The summed E-state index contributed by atoms with van der Waals surface area (Å²) in [5.41, 5.74) is 1.69. The molecule has 2 atom stereocenters. The fourth-order valence-corrected chi connectivity index (χ4v) is 3.84. The number of halogens is 1. The zero-order valence-corrected chi connectivity index (χ0v) is 17.5. The number of ketones is 1. The highest BCUT2D eigenvalue weighted by Crippen LogP contribution is 2.30. The van der Waals surface area contributed by atoms with Crippen molar-refractivity contribution < 1.29 is 19.2 Å². The van der Waals surface area contributed by atoms with Gasteiger partial charge < -0.3 is 15.5 Å². The first-order valence-corrected chi connectivity index (χ1v) is 9.90. The molecule has 31 heavy (non-hydrogen) atoms. The van der Waals surface area contributed by atoms with Gasteiger partial charge >= 0.3 is 6.03 Å². The van der Waals surface area contributed by atoms with Gasteiger partial charge in [0, 0.05) is 29.5 Å². The minimum absolute atomic E-state index is 0.0745.